The largest absolute Gasteiger partial charge is 0.436 e. The second-order valence-corrected chi connectivity index (χ2v) is 5.33. The fourth-order valence-electron chi connectivity index (χ4n) is 1.96. The Labute approximate surface area is 124 Å². The van der Waals surface area contributed by atoms with Crippen molar-refractivity contribution in [3.05, 3.63) is 47.2 Å². The van der Waals surface area contributed by atoms with E-state index in [2.05, 4.69) is 29.5 Å². The summed E-state index contributed by atoms with van der Waals surface area (Å²) in [5.74, 6) is 0.479. The van der Waals surface area contributed by atoms with Crippen molar-refractivity contribution < 1.29 is 9.21 Å². The van der Waals surface area contributed by atoms with Crippen LogP contribution in [0.25, 0.3) is 0 Å². The second-order valence-electron chi connectivity index (χ2n) is 5.33. The number of hydrogen-bond acceptors (Lipinski definition) is 4. The molecule has 0 atom stereocenters. The normalized spacial score (nSPS) is 10.9. The first-order chi connectivity index (χ1) is 9.95. The second kappa shape index (κ2) is 6.54. The summed E-state index contributed by atoms with van der Waals surface area (Å²) in [5.41, 5.74) is 2.51. The molecule has 0 saturated heterocycles. The van der Waals surface area contributed by atoms with Crippen LogP contribution >= 0.6 is 0 Å². The van der Waals surface area contributed by atoms with Crippen LogP contribution in [0, 0.1) is 13.8 Å². The predicted molar refractivity (Wildman–Crippen MR) is 82.3 cm³/mol. The topological polar surface area (TPSA) is 67.2 Å². The van der Waals surface area contributed by atoms with Crippen molar-refractivity contribution in [3.63, 3.8) is 0 Å². The fraction of sp³-hybridized carbons (Fsp3) is 0.375. The van der Waals surface area contributed by atoms with E-state index in [4.69, 9.17) is 4.42 Å². The SMILES string of the molecule is Cc1nc(C)c(C(=O)Nc2ccc(CNC(C)C)cc2)o1. The minimum atomic E-state index is -0.277. The molecule has 0 spiro atoms. The molecule has 0 aliphatic heterocycles. The highest BCUT2D eigenvalue weighted by atomic mass is 16.4. The molecule has 2 rings (SSSR count). The molecule has 0 unspecified atom stereocenters. The third-order valence-electron chi connectivity index (χ3n) is 3.04. The van der Waals surface area contributed by atoms with E-state index in [9.17, 15) is 4.79 Å². The quantitative estimate of drug-likeness (QED) is 0.887. The first kappa shape index (κ1) is 15.3. The molecular weight excluding hydrogens is 266 g/mol. The van der Waals surface area contributed by atoms with E-state index in [0.717, 1.165) is 12.2 Å². The lowest BCUT2D eigenvalue weighted by atomic mass is 10.2. The van der Waals surface area contributed by atoms with Crippen LogP contribution in [0.5, 0.6) is 0 Å². The molecule has 0 saturated carbocycles. The number of aryl methyl sites for hydroxylation is 2. The monoisotopic (exact) mass is 287 g/mol. The molecule has 112 valence electrons. The molecule has 0 fully saturated rings. The molecule has 1 aromatic heterocycles. The number of anilines is 1. The lowest BCUT2D eigenvalue weighted by Crippen LogP contribution is -2.21. The van der Waals surface area contributed by atoms with Crippen LogP contribution in [0.3, 0.4) is 0 Å². The van der Waals surface area contributed by atoms with Gasteiger partial charge in [0.15, 0.2) is 5.89 Å². The highest BCUT2D eigenvalue weighted by Crippen LogP contribution is 2.14. The van der Waals surface area contributed by atoms with Crippen molar-refractivity contribution in [2.24, 2.45) is 0 Å². The minimum Gasteiger partial charge on any atom is -0.436 e. The van der Waals surface area contributed by atoms with Crippen LogP contribution in [0.4, 0.5) is 5.69 Å². The van der Waals surface area contributed by atoms with Gasteiger partial charge in [0.2, 0.25) is 5.76 Å². The maximum atomic E-state index is 12.1. The molecule has 21 heavy (non-hydrogen) atoms. The van der Waals surface area contributed by atoms with Crippen LogP contribution in [0.1, 0.15) is 41.6 Å². The molecule has 0 radical (unpaired) electrons. The Hall–Kier alpha value is -2.14. The summed E-state index contributed by atoms with van der Waals surface area (Å²) in [6, 6.07) is 8.19. The number of oxazole rings is 1. The van der Waals surface area contributed by atoms with Gasteiger partial charge in [-0.2, -0.15) is 0 Å². The van der Waals surface area contributed by atoms with Crippen molar-refractivity contribution in [3.8, 4) is 0 Å². The van der Waals surface area contributed by atoms with Gasteiger partial charge >= 0.3 is 0 Å². The van der Waals surface area contributed by atoms with Crippen LogP contribution in [0.15, 0.2) is 28.7 Å². The van der Waals surface area contributed by atoms with Crippen molar-refractivity contribution in [1.29, 1.82) is 0 Å². The third kappa shape index (κ3) is 4.16. The summed E-state index contributed by atoms with van der Waals surface area (Å²) in [5, 5.41) is 6.16. The fourth-order valence-corrected chi connectivity index (χ4v) is 1.96. The number of carbonyl (C=O) groups excluding carboxylic acids is 1. The number of nitrogens with one attached hydrogen (secondary N) is 2. The Balaban J connectivity index is 2.00. The number of carbonyl (C=O) groups is 1. The molecule has 5 heteroatoms. The standard InChI is InChI=1S/C16H21N3O2/c1-10(2)17-9-13-5-7-14(8-6-13)19-16(20)15-11(3)18-12(4)21-15/h5-8,10,17H,9H2,1-4H3,(H,19,20). The van der Waals surface area contributed by atoms with Crippen LogP contribution < -0.4 is 10.6 Å². The maximum absolute atomic E-state index is 12.1. The van der Waals surface area contributed by atoms with Crippen molar-refractivity contribution in [2.45, 2.75) is 40.3 Å². The Morgan fingerprint density at radius 1 is 1.24 bits per heavy atom. The molecule has 2 N–H and O–H groups in total. The van der Waals surface area contributed by atoms with E-state index in [1.54, 1.807) is 13.8 Å². The molecule has 0 aliphatic rings. The number of rotatable bonds is 5. The van der Waals surface area contributed by atoms with Gasteiger partial charge in [0.05, 0.1) is 5.69 Å². The summed E-state index contributed by atoms with van der Waals surface area (Å²) < 4.78 is 5.30. The molecule has 5 nitrogen and oxygen atoms in total. The van der Waals surface area contributed by atoms with Crippen LogP contribution in [0.2, 0.25) is 0 Å². The van der Waals surface area contributed by atoms with Gasteiger partial charge in [0.25, 0.3) is 5.91 Å². The highest BCUT2D eigenvalue weighted by molar-refractivity contribution is 6.02. The molecule has 2 aromatic rings. The van der Waals surface area contributed by atoms with Gasteiger partial charge in [-0.25, -0.2) is 4.98 Å². The number of benzene rings is 1. The van der Waals surface area contributed by atoms with Crippen LogP contribution in [-0.2, 0) is 6.54 Å². The van der Waals surface area contributed by atoms with Crippen LogP contribution in [-0.4, -0.2) is 16.9 Å². The molecule has 0 bridgehead atoms. The lowest BCUT2D eigenvalue weighted by Gasteiger charge is -2.09. The first-order valence-corrected chi connectivity index (χ1v) is 7.03. The van der Waals surface area contributed by atoms with Gasteiger partial charge < -0.3 is 15.1 Å². The summed E-state index contributed by atoms with van der Waals surface area (Å²) in [4.78, 5) is 16.2. The maximum Gasteiger partial charge on any atom is 0.293 e. The van der Waals surface area contributed by atoms with Gasteiger partial charge in [0.1, 0.15) is 0 Å². The zero-order valence-electron chi connectivity index (χ0n) is 12.9. The number of aromatic nitrogens is 1. The summed E-state index contributed by atoms with van der Waals surface area (Å²) in [6.07, 6.45) is 0. The van der Waals surface area contributed by atoms with E-state index < -0.39 is 0 Å². The highest BCUT2D eigenvalue weighted by Gasteiger charge is 2.15. The van der Waals surface area contributed by atoms with Gasteiger partial charge in [-0.3, -0.25) is 4.79 Å². The molecule has 1 aromatic carbocycles. The van der Waals surface area contributed by atoms with E-state index >= 15 is 0 Å². The molecule has 1 heterocycles. The van der Waals surface area contributed by atoms with Crippen molar-refractivity contribution in [1.82, 2.24) is 10.3 Å². The Morgan fingerprint density at radius 3 is 2.43 bits per heavy atom. The zero-order chi connectivity index (χ0) is 15.4. The third-order valence-corrected chi connectivity index (χ3v) is 3.04. The first-order valence-electron chi connectivity index (χ1n) is 7.03. The predicted octanol–water partition coefficient (Wildman–Crippen LogP) is 3.04. The average molecular weight is 287 g/mol. The van der Waals surface area contributed by atoms with Gasteiger partial charge in [-0.05, 0) is 24.6 Å². The lowest BCUT2D eigenvalue weighted by molar-refractivity contribution is 0.0994. The Bertz CT molecular complexity index is 615. The van der Waals surface area contributed by atoms with Gasteiger partial charge in [0, 0.05) is 25.2 Å². The van der Waals surface area contributed by atoms with E-state index in [-0.39, 0.29) is 11.7 Å². The van der Waals surface area contributed by atoms with Crippen molar-refractivity contribution >= 4 is 11.6 Å². The molecule has 1 amide bonds. The Morgan fingerprint density at radius 2 is 1.90 bits per heavy atom. The molecule has 0 aliphatic carbocycles. The number of nitrogens with zero attached hydrogens (tertiary/aromatic N) is 1. The van der Waals surface area contributed by atoms with Gasteiger partial charge in [-0.1, -0.05) is 26.0 Å². The summed E-state index contributed by atoms with van der Waals surface area (Å²) in [6.45, 7) is 8.51. The number of hydrogen-bond donors (Lipinski definition) is 2. The van der Waals surface area contributed by atoms with E-state index in [1.165, 1.54) is 5.56 Å². The zero-order valence-corrected chi connectivity index (χ0v) is 12.9. The smallest absolute Gasteiger partial charge is 0.293 e. The molecular formula is C16H21N3O2. The number of amides is 1. The van der Waals surface area contributed by atoms with Crippen molar-refractivity contribution in [2.75, 3.05) is 5.32 Å². The minimum absolute atomic E-state index is 0.262. The Kier molecular flexibility index (Phi) is 4.75. The average Bonchev–Trinajstić information content (AvgIpc) is 2.77. The summed E-state index contributed by atoms with van der Waals surface area (Å²) >= 11 is 0. The van der Waals surface area contributed by atoms with E-state index in [0.29, 0.717) is 17.6 Å². The summed E-state index contributed by atoms with van der Waals surface area (Å²) in [7, 11) is 0. The van der Waals surface area contributed by atoms with E-state index in [1.807, 2.05) is 24.3 Å². The van der Waals surface area contributed by atoms with Gasteiger partial charge in [-0.15, -0.1) is 0 Å².